The highest BCUT2D eigenvalue weighted by molar-refractivity contribution is 4.97. The van der Waals surface area contributed by atoms with Crippen LogP contribution in [0.4, 0.5) is 0 Å². The molecule has 8 fully saturated rings. The van der Waals surface area contributed by atoms with Gasteiger partial charge in [-0.1, -0.05) is 273 Å². The minimum Gasteiger partial charge on any atom is -0.390 e. The molecule has 21 atom stereocenters. The van der Waals surface area contributed by atoms with Gasteiger partial charge in [0.1, 0.15) is 24.4 Å². The topological polar surface area (TPSA) is 258 Å². The Balaban J connectivity index is 0.000000323. The fourth-order valence-corrected chi connectivity index (χ4v) is 18.0. The van der Waals surface area contributed by atoms with Gasteiger partial charge in [-0.3, -0.25) is 0 Å². The number of rotatable bonds is 46. The number of unbranched alkanes of at least 4 members (excludes halogenated alkanes) is 16. The van der Waals surface area contributed by atoms with Crippen LogP contribution in [-0.4, -0.2) is 242 Å². The Morgan fingerprint density at radius 3 is 1.23 bits per heavy atom. The van der Waals surface area contributed by atoms with Crippen molar-refractivity contribution in [2.75, 3.05) is 59.5 Å². The standard InChI is InChI=1S/C21H40O4.2C20H38O5.2C20H40O4/c1-7-8-9-10-17-16(22)13-18(24-17)19(20(2,3)4)23-14-15-11-12-21(5,6)25-15;1-7-8-9-10-16(22-12-14-13-23-20(5,6)25-14)17-11-15(21)18(24-17)19(2,3)4;1-7-8-9-10-15(21)16-11-17(18(24-16)19(2,3)4)22-12-14-13-23-20(5,6)25-14;1-7-8-9-10-11-12-13-17(18(21)19(2,3)4)22-14-16-15-23-20(5,6)24-16;1-7-8-9-10-11-12-13-17(21)18(19(2,3)4)22-14-16-15-23-20(5,6)24-16/h15-19,22H,7-14H2,1-6H3;2*14-18,21H,7-13H2,1-6H3;2*16-18,21H,7-15H2,1-6H3. The van der Waals surface area contributed by atoms with Crippen molar-refractivity contribution in [3.05, 3.63) is 0 Å². The Labute approximate surface area is 752 Å². The zero-order chi connectivity index (χ0) is 92.4. The van der Waals surface area contributed by atoms with E-state index in [1.54, 1.807) is 0 Å². The van der Waals surface area contributed by atoms with E-state index in [4.69, 9.17) is 80.5 Å². The summed E-state index contributed by atoms with van der Waals surface area (Å²) >= 11 is 0. The van der Waals surface area contributed by atoms with Crippen LogP contribution in [0, 0.1) is 27.1 Å². The molecule has 8 rings (SSSR count). The quantitative estimate of drug-likeness (QED) is 0.0355. The monoisotopic (exact) mass is 1760 g/mol. The second-order valence-electron chi connectivity index (χ2n) is 45.2. The van der Waals surface area contributed by atoms with Crippen LogP contribution in [-0.2, 0) is 80.5 Å². The summed E-state index contributed by atoms with van der Waals surface area (Å²) in [5.41, 5.74) is -0.453. The second kappa shape index (κ2) is 54.5. The van der Waals surface area contributed by atoms with Gasteiger partial charge < -0.3 is 106 Å². The van der Waals surface area contributed by atoms with Crippen molar-refractivity contribution >= 4 is 0 Å². The van der Waals surface area contributed by atoms with Crippen molar-refractivity contribution in [3.63, 3.8) is 0 Å². The zero-order valence-corrected chi connectivity index (χ0v) is 84.6. The molecule has 8 heterocycles. The molecule has 0 radical (unpaired) electrons. The van der Waals surface area contributed by atoms with Gasteiger partial charge in [0, 0.05) is 19.3 Å². The first-order valence-electron chi connectivity index (χ1n) is 49.6. The van der Waals surface area contributed by atoms with Crippen LogP contribution in [0.15, 0.2) is 0 Å². The van der Waals surface area contributed by atoms with Crippen LogP contribution in [0.2, 0.25) is 0 Å². The molecular weight excluding hydrogens is 1570 g/mol. The van der Waals surface area contributed by atoms with E-state index >= 15 is 0 Å². The average Bonchev–Trinajstić information content (AvgIpc) is 1.67. The van der Waals surface area contributed by atoms with Crippen LogP contribution < -0.4 is 0 Å². The lowest BCUT2D eigenvalue weighted by atomic mass is 9.84. The molecule has 0 aromatic carbocycles. The molecule has 732 valence electrons. The van der Waals surface area contributed by atoms with Gasteiger partial charge >= 0.3 is 0 Å². The number of hydrogen-bond acceptors (Lipinski definition) is 22. The molecule has 123 heavy (non-hydrogen) atoms. The first kappa shape index (κ1) is 114. The molecule has 0 aliphatic carbocycles. The van der Waals surface area contributed by atoms with Gasteiger partial charge in [0.2, 0.25) is 0 Å². The normalized spacial score (nSPS) is 29.7. The zero-order valence-electron chi connectivity index (χ0n) is 84.6. The van der Waals surface area contributed by atoms with E-state index in [1.165, 1.54) is 89.9 Å². The van der Waals surface area contributed by atoms with E-state index in [2.05, 4.69) is 152 Å². The van der Waals surface area contributed by atoms with Crippen LogP contribution in [0.1, 0.15) is 407 Å². The summed E-state index contributed by atoms with van der Waals surface area (Å²) in [5, 5.41) is 52.6. The molecule has 21 unspecified atom stereocenters. The lowest BCUT2D eigenvalue weighted by molar-refractivity contribution is -0.159. The predicted molar refractivity (Wildman–Crippen MR) is 492 cm³/mol. The summed E-state index contributed by atoms with van der Waals surface area (Å²) in [5.74, 6) is -2.10. The Morgan fingerprint density at radius 1 is 0.374 bits per heavy atom. The molecule has 0 amide bonds. The molecule has 0 bridgehead atoms. The van der Waals surface area contributed by atoms with Gasteiger partial charge in [0.25, 0.3) is 0 Å². The minimum atomic E-state index is -0.526. The lowest BCUT2D eigenvalue weighted by Gasteiger charge is -2.35. The fraction of sp³-hybridized carbons (Fsp3) is 1.00. The van der Waals surface area contributed by atoms with E-state index < -0.39 is 47.6 Å². The third-order valence-electron chi connectivity index (χ3n) is 24.9. The van der Waals surface area contributed by atoms with Crippen molar-refractivity contribution in [1.29, 1.82) is 0 Å². The smallest absolute Gasteiger partial charge is 0.163 e. The first-order valence-corrected chi connectivity index (χ1v) is 49.6. The van der Waals surface area contributed by atoms with Crippen LogP contribution in [0.3, 0.4) is 0 Å². The van der Waals surface area contributed by atoms with Gasteiger partial charge in [0.15, 0.2) is 23.1 Å². The second-order valence-corrected chi connectivity index (χ2v) is 45.2. The summed E-state index contributed by atoms with van der Waals surface area (Å²) in [6, 6.07) is 0. The average molecular weight is 1760 g/mol. The summed E-state index contributed by atoms with van der Waals surface area (Å²) < 4.78 is 101. The largest absolute Gasteiger partial charge is 0.390 e. The van der Waals surface area contributed by atoms with E-state index in [0.717, 1.165) is 96.3 Å². The molecule has 0 aromatic rings. The molecule has 0 spiro atoms. The SMILES string of the molecule is CCCCCC(O)C1CC(OCC2COC(C)(C)O2)C(C(C)(C)C)O1.CCCCCC(OCC1COC(C)(C)O1)C1CC(O)C(C(C)(C)C)O1.CCCCCC1OC(C(OCC2CCC(C)(C)O2)C(C)(C)C)CC1O.CCCCCCCCC(O)C(OCC1COC(C)(C)O1)C(C)(C)C.CCCCCCCCC(OCC1COC(C)(C)O1)C(O)C(C)(C)C. The van der Waals surface area contributed by atoms with Gasteiger partial charge in [-0.15, -0.1) is 0 Å². The molecule has 5 N–H and O–H groups in total. The molecular formula is C101H196O22. The highest BCUT2D eigenvalue weighted by Gasteiger charge is 2.49. The van der Waals surface area contributed by atoms with E-state index in [-0.39, 0.29) is 136 Å². The third kappa shape index (κ3) is 44.7. The molecule has 22 heteroatoms. The Kier molecular flexibility index (Phi) is 50.7. The highest BCUT2D eigenvalue weighted by atomic mass is 16.8. The predicted octanol–water partition coefficient (Wildman–Crippen LogP) is 21.2. The molecule has 8 aliphatic rings. The third-order valence-corrected chi connectivity index (χ3v) is 24.9. The fourth-order valence-electron chi connectivity index (χ4n) is 18.0. The maximum absolute atomic E-state index is 10.7. The summed E-state index contributed by atoms with van der Waals surface area (Å²) in [6.07, 6.45) is 31.1. The summed E-state index contributed by atoms with van der Waals surface area (Å²) in [6.45, 7) is 67.5. The summed E-state index contributed by atoms with van der Waals surface area (Å²) in [7, 11) is 0. The molecule has 0 aromatic heterocycles. The van der Waals surface area contributed by atoms with E-state index in [0.29, 0.717) is 72.3 Å². The Morgan fingerprint density at radius 2 is 0.789 bits per heavy atom. The number of ether oxygens (including phenoxy) is 17. The van der Waals surface area contributed by atoms with Gasteiger partial charge in [-0.2, -0.15) is 0 Å². The lowest BCUT2D eigenvalue weighted by Crippen LogP contribution is -2.42. The van der Waals surface area contributed by atoms with Crippen LogP contribution in [0.25, 0.3) is 0 Å². The van der Waals surface area contributed by atoms with Gasteiger partial charge in [0.05, 0.1) is 169 Å². The molecule has 8 aliphatic heterocycles. The minimum absolute atomic E-state index is 0.000798. The Bertz CT molecular complexity index is 2710. The van der Waals surface area contributed by atoms with Crippen molar-refractivity contribution in [1.82, 2.24) is 0 Å². The van der Waals surface area contributed by atoms with Gasteiger partial charge in [-0.05, 0) is 141 Å². The highest BCUT2D eigenvalue weighted by Crippen LogP contribution is 2.42. The van der Waals surface area contributed by atoms with Gasteiger partial charge in [-0.25, -0.2) is 0 Å². The Hall–Kier alpha value is -0.880. The molecule has 22 nitrogen and oxygen atoms in total. The van der Waals surface area contributed by atoms with Crippen LogP contribution in [0.5, 0.6) is 0 Å². The first-order chi connectivity index (χ1) is 57.2. The molecule has 0 saturated carbocycles. The maximum Gasteiger partial charge on any atom is 0.163 e. The van der Waals surface area contributed by atoms with Crippen LogP contribution >= 0.6 is 0 Å². The number of hydrogen-bond donors (Lipinski definition) is 5. The van der Waals surface area contributed by atoms with Crippen molar-refractivity contribution in [2.24, 2.45) is 27.1 Å². The van der Waals surface area contributed by atoms with Crippen molar-refractivity contribution in [2.45, 2.75) is 564 Å². The summed E-state index contributed by atoms with van der Waals surface area (Å²) in [4.78, 5) is 0. The number of aliphatic hydroxyl groups is 5. The van der Waals surface area contributed by atoms with E-state index in [9.17, 15) is 25.5 Å². The van der Waals surface area contributed by atoms with E-state index in [1.807, 2.05) is 55.4 Å². The van der Waals surface area contributed by atoms with Crippen molar-refractivity contribution in [3.8, 4) is 0 Å². The number of aliphatic hydroxyl groups excluding tert-OH is 5. The van der Waals surface area contributed by atoms with Crippen molar-refractivity contribution < 1.29 is 106 Å². The maximum atomic E-state index is 10.7. The molecule has 8 saturated heterocycles.